The Morgan fingerprint density at radius 3 is 2.48 bits per heavy atom. The van der Waals surface area contributed by atoms with Gasteiger partial charge in [0.15, 0.2) is 0 Å². The van der Waals surface area contributed by atoms with Crippen molar-refractivity contribution < 1.29 is 9.59 Å². The zero-order valence-electron chi connectivity index (χ0n) is 11.9. The van der Waals surface area contributed by atoms with Crippen molar-refractivity contribution >= 4 is 11.9 Å². The lowest BCUT2D eigenvalue weighted by Gasteiger charge is -2.07. The van der Waals surface area contributed by atoms with Gasteiger partial charge in [0.2, 0.25) is 0 Å². The maximum Gasteiger partial charge on any atom is 0.321 e. The lowest BCUT2D eigenvalue weighted by Crippen LogP contribution is -2.40. The van der Waals surface area contributed by atoms with Gasteiger partial charge >= 0.3 is 6.03 Å². The first kappa shape index (κ1) is 14.8. The molecule has 0 aromatic heterocycles. The first-order valence-electron chi connectivity index (χ1n) is 6.85. The maximum absolute atomic E-state index is 11.9. The first-order valence-corrected chi connectivity index (χ1v) is 6.85. The first-order chi connectivity index (χ1) is 10.1. The summed E-state index contributed by atoms with van der Waals surface area (Å²) in [7, 11) is 0. The number of hydrogen-bond donors (Lipinski definition) is 2. The molecule has 2 aromatic carbocycles. The monoisotopic (exact) mass is 282 g/mol. The minimum atomic E-state index is -0.475. The standard InChI is InChI=1S/C17H18N2O2/c1-13-6-5-9-15(12-13)16(20)19-17(21)18-11-10-14-7-3-2-4-8-14/h2-9,12H,10-11H2,1H3,(H2,18,19,20,21). The number of urea groups is 1. The van der Waals surface area contributed by atoms with Crippen LogP contribution >= 0.6 is 0 Å². The SMILES string of the molecule is Cc1cccc(C(=O)NC(=O)NCCc2ccccc2)c1. The lowest BCUT2D eigenvalue weighted by molar-refractivity contribution is 0.0964. The Labute approximate surface area is 124 Å². The fourth-order valence-corrected chi connectivity index (χ4v) is 1.97. The molecule has 0 aliphatic rings. The summed E-state index contributed by atoms with van der Waals surface area (Å²) in [5, 5.41) is 5.00. The summed E-state index contributed by atoms with van der Waals surface area (Å²) in [4.78, 5) is 23.5. The third-order valence-corrected chi connectivity index (χ3v) is 3.05. The van der Waals surface area contributed by atoms with Crippen LogP contribution in [0.3, 0.4) is 0 Å². The van der Waals surface area contributed by atoms with Gasteiger partial charge in [-0.25, -0.2) is 4.79 Å². The Hall–Kier alpha value is -2.62. The molecule has 4 nitrogen and oxygen atoms in total. The second-order valence-electron chi connectivity index (χ2n) is 4.82. The molecule has 0 aliphatic heterocycles. The number of benzene rings is 2. The van der Waals surface area contributed by atoms with Crippen LogP contribution in [0, 0.1) is 6.92 Å². The van der Waals surface area contributed by atoms with E-state index in [1.807, 2.05) is 43.3 Å². The van der Waals surface area contributed by atoms with E-state index in [9.17, 15) is 9.59 Å². The smallest absolute Gasteiger partial charge is 0.321 e. The number of rotatable bonds is 4. The molecule has 3 amide bonds. The number of hydrogen-bond acceptors (Lipinski definition) is 2. The average Bonchev–Trinajstić information content (AvgIpc) is 2.48. The Balaban J connectivity index is 1.78. The minimum Gasteiger partial charge on any atom is -0.337 e. The van der Waals surface area contributed by atoms with Gasteiger partial charge in [0.25, 0.3) is 5.91 Å². The van der Waals surface area contributed by atoms with Gasteiger partial charge in [0.1, 0.15) is 0 Å². The van der Waals surface area contributed by atoms with Crippen LogP contribution < -0.4 is 10.6 Å². The fraction of sp³-hybridized carbons (Fsp3) is 0.176. The quantitative estimate of drug-likeness (QED) is 0.905. The molecule has 108 valence electrons. The van der Waals surface area contributed by atoms with Crippen LogP contribution in [0.5, 0.6) is 0 Å². The second kappa shape index (κ2) is 7.24. The van der Waals surface area contributed by atoms with Crippen molar-refractivity contribution in [1.29, 1.82) is 0 Å². The van der Waals surface area contributed by atoms with Gasteiger partial charge in [0, 0.05) is 12.1 Å². The number of nitrogens with one attached hydrogen (secondary N) is 2. The van der Waals surface area contributed by atoms with Crippen molar-refractivity contribution in [2.75, 3.05) is 6.54 Å². The molecular weight excluding hydrogens is 264 g/mol. The highest BCUT2D eigenvalue weighted by Gasteiger charge is 2.09. The highest BCUT2D eigenvalue weighted by molar-refractivity contribution is 6.04. The normalized spacial score (nSPS) is 9.95. The molecule has 4 heteroatoms. The molecule has 0 spiro atoms. The highest BCUT2D eigenvalue weighted by Crippen LogP contribution is 2.03. The van der Waals surface area contributed by atoms with E-state index in [0.717, 1.165) is 17.5 Å². The molecule has 2 N–H and O–H groups in total. The number of carbonyl (C=O) groups is 2. The number of carbonyl (C=O) groups excluding carboxylic acids is 2. The van der Waals surface area contributed by atoms with Gasteiger partial charge in [-0.3, -0.25) is 10.1 Å². The largest absolute Gasteiger partial charge is 0.337 e. The van der Waals surface area contributed by atoms with Crippen LogP contribution in [0.2, 0.25) is 0 Å². The highest BCUT2D eigenvalue weighted by atomic mass is 16.2. The van der Waals surface area contributed by atoms with Crippen LogP contribution in [-0.4, -0.2) is 18.5 Å². The topological polar surface area (TPSA) is 58.2 Å². The van der Waals surface area contributed by atoms with Crippen molar-refractivity contribution in [2.45, 2.75) is 13.3 Å². The minimum absolute atomic E-state index is 0.393. The molecule has 0 radical (unpaired) electrons. The average molecular weight is 282 g/mol. The zero-order chi connectivity index (χ0) is 15.1. The van der Waals surface area contributed by atoms with Crippen LogP contribution in [0.25, 0.3) is 0 Å². The van der Waals surface area contributed by atoms with E-state index < -0.39 is 11.9 Å². The van der Waals surface area contributed by atoms with E-state index in [1.54, 1.807) is 18.2 Å². The van der Waals surface area contributed by atoms with Gasteiger partial charge in [0.05, 0.1) is 0 Å². The molecule has 2 rings (SSSR count). The van der Waals surface area contributed by atoms with E-state index in [0.29, 0.717) is 12.1 Å². The van der Waals surface area contributed by atoms with E-state index in [4.69, 9.17) is 0 Å². The molecular formula is C17H18N2O2. The second-order valence-corrected chi connectivity index (χ2v) is 4.82. The van der Waals surface area contributed by atoms with Gasteiger partial charge in [-0.2, -0.15) is 0 Å². The Bertz CT molecular complexity index is 624. The molecule has 0 saturated carbocycles. The van der Waals surface area contributed by atoms with Crippen molar-refractivity contribution in [2.24, 2.45) is 0 Å². The summed E-state index contributed by atoms with van der Waals surface area (Å²) >= 11 is 0. The van der Waals surface area contributed by atoms with Crippen LogP contribution in [0.4, 0.5) is 4.79 Å². The van der Waals surface area contributed by atoms with Crippen LogP contribution in [0.15, 0.2) is 54.6 Å². The number of aryl methyl sites for hydroxylation is 1. The molecule has 0 bridgehead atoms. The summed E-state index contributed by atoms with van der Waals surface area (Å²) in [5.41, 5.74) is 2.60. The van der Waals surface area contributed by atoms with Crippen LogP contribution in [-0.2, 0) is 6.42 Å². The molecule has 0 fully saturated rings. The summed E-state index contributed by atoms with van der Waals surface area (Å²) in [6, 6.07) is 16.5. The lowest BCUT2D eigenvalue weighted by atomic mass is 10.1. The molecule has 0 saturated heterocycles. The fourth-order valence-electron chi connectivity index (χ4n) is 1.97. The van der Waals surface area contributed by atoms with Gasteiger partial charge in [-0.05, 0) is 31.0 Å². The van der Waals surface area contributed by atoms with Crippen molar-refractivity contribution in [1.82, 2.24) is 10.6 Å². The third kappa shape index (κ3) is 4.76. The van der Waals surface area contributed by atoms with Crippen molar-refractivity contribution in [3.05, 3.63) is 71.3 Å². The molecule has 0 unspecified atom stereocenters. The van der Waals surface area contributed by atoms with E-state index in [1.165, 1.54) is 0 Å². The van der Waals surface area contributed by atoms with E-state index in [2.05, 4.69) is 10.6 Å². The number of imide groups is 1. The third-order valence-electron chi connectivity index (χ3n) is 3.05. The predicted molar refractivity (Wildman–Crippen MR) is 82.2 cm³/mol. The Kier molecular flexibility index (Phi) is 5.10. The molecule has 21 heavy (non-hydrogen) atoms. The van der Waals surface area contributed by atoms with Crippen LogP contribution in [0.1, 0.15) is 21.5 Å². The van der Waals surface area contributed by atoms with Crippen molar-refractivity contribution in [3.63, 3.8) is 0 Å². The molecule has 0 aliphatic carbocycles. The number of amides is 3. The Morgan fingerprint density at radius 2 is 1.76 bits per heavy atom. The molecule has 2 aromatic rings. The molecule has 0 heterocycles. The van der Waals surface area contributed by atoms with E-state index in [-0.39, 0.29) is 0 Å². The molecule has 0 atom stereocenters. The zero-order valence-corrected chi connectivity index (χ0v) is 11.9. The summed E-state index contributed by atoms with van der Waals surface area (Å²) in [6.45, 7) is 2.38. The maximum atomic E-state index is 11.9. The predicted octanol–water partition coefficient (Wildman–Crippen LogP) is 2.68. The summed E-state index contributed by atoms with van der Waals surface area (Å²) in [6.07, 6.45) is 0.729. The van der Waals surface area contributed by atoms with Gasteiger partial charge < -0.3 is 5.32 Å². The Morgan fingerprint density at radius 1 is 1.00 bits per heavy atom. The van der Waals surface area contributed by atoms with Crippen molar-refractivity contribution in [3.8, 4) is 0 Å². The summed E-state index contributed by atoms with van der Waals surface area (Å²) in [5.74, 6) is -0.393. The van der Waals surface area contributed by atoms with Gasteiger partial charge in [-0.1, -0.05) is 48.0 Å². The summed E-state index contributed by atoms with van der Waals surface area (Å²) < 4.78 is 0. The van der Waals surface area contributed by atoms with Gasteiger partial charge in [-0.15, -0.1) is 0 Å². The van der Waals surface area contributed by atoms with E-state index >= 15 is 0 Å².